The van der Waals surface area contributed by atoms with Crippen LogP contribution in [0.4, 0.5) is 0 Å². The summed E-state index contributed by atoms with van der Waals surface area (Å²) >= 11 is 0. The van der Waals surface area contributed by atoms with Crippen LogP contribution in [0.3, 0.4) is 0 Å². The van der Waals surface area contributed by atoms with E-state index < -0.39 is 0 Å². The lowest BCUT2D eigenvalue weighted by atomic mass is 9.95. The summed E-state index contributed by atoms with van der Waals surface area (Å²) in [7, 11) is 0. The molecule has 0 spiro atoms. The molecule has 0 saturated heterocycles. The minimum atomic E-state index is 0.283. The summed E-state index contributed by atoms with van der Waals surface area (Å²) in [5.41, 5.74) is 6.01. The molecule has 1 aliphatic carbocycles. The third-order valence-corrected chi connectivity index (χ3v) is 2.63. The lowest BCUT2D eigenvalue weighted by Crippen LogP contribution is -2.37. The van der Waals surface area contributed by atoms with Crippen LogP contribution in [0.15, 0.2) is 0 Å². The Labute approximate surface area is 75.5 Å². The second-order valence-corrected chi connectivity index (χ2v) is 3.65. The molecule has 2 N–H and O–H groups in total. The molecule has 1 aliphatic rings. The van der Waals surface area contributed by atoms with Crippen molar-refractivity contribution < 1.29 is 4.74 Å². The molecule has 0 unspecified atom stereocenters. The minimum absolute atomic E-state index is 0.283. The fraction of sp³-hybridized carbons (Fsp3) is 1.00. The van der Waals surface area contributed by atoms with Crippen LogP contribution in [0.25, 0.3) is 0 Å². The zero-order valence-corrected chi connectivity index (χ0v) is 8.09. The predicted octanol–water partition coefficient (Wildman–Crippen LogP) is 2.07. The molecule has 0 bridgehead atoms. The van der Waals surface area contributed by atoms with Gasteiger partial charge < -0.3 is 10.5 Å². The van der Waals surface area contributed by atoms with Crippen molar-refractivity contribution in [3.05, 3.63) is 0 Å². The Hall–Kier alpha value is -0.0800. The normalized spacial score (nSPS) is 32.5. The maximum atomic E-state index is 6.01. The molecule has 0 aromatic heterocycles. The maximum Gasteiger partial charge on any atom is 0.0725 e. The van der Waals surface area contributed by atoms with Gasteiger partial charge in [-0.3, -0.25) is 0 Å². The van der Waals surface area contributed by atoms with Crippen molar-refractivity contribution >= 4 is 0 Å². The van der Waals surface area contributed by atoms with Crippen LogP contribution in [0.1, 0.15) is 45.4 Å². The highest BCUT2D eigenvalue weighted by molar-refractivity contribution is 4.75. The van der Waals surface area contributed by atoms with E-state index >= 15 is 0 Å². The molecule has 0 radical (unpaired) electrons. The van der Waals surface area contributed by atoms with Crippen LogP contribution in [0.5, 0.6) is 0 Å². The molecular weight excluding hydrogens is 150 g/mol. The van der Waals surface area contributed by atoms with Gasteiger partial charge in [0.2, 0.25) is 0 Å². The van der Waals surface area contributed by atoms with E-state index in [1.807, 2.05) is 6.92 Å². The van der Waals surface area contributed by atoms with Crippen LogP contribution < -0.4 is 5.73 Å². The summed E-state index contributed by atoms with van der Waals surface area (Å²) in [5.74, 6) is 0. The van der Waals surface area contributed by atoms with Crippen molar-refractivity contribution in [3.8, 4) is 0 Å². The summed E-state index contributed by atoms with van der Waals surface area (Å²) in [6.45, 7) is 2.85. The van der Waals surface area contributed by atoms with Gasteiger partial charge in [0, 0.05) is 12.6 Å². The molecule has 0 aromatic carbocycles. The van der Waals surface area contributed by atoms with Gasteiger partial charge >= 0.3 is 0 Å². The van der Waals surface area contributed by atoms with Gasteiger partial charge in [0.05, 0.1) is 6.10 Å². The van der Waals surface area contributed by atoms with Gasteiger partial charge in [0.1, 0.15) is 0 Å². The topological polar surface area (TPSA) is 35.2 Å². The van der Waals surface area contributed by atoms with E-state index in [0.29, 0.717) is 6.10 Å². The Bertz CT molecular complexity index is 116. The van der Waals surface area contributed by atoms with E-state index in [1.54, 1.807) is 0 Å². The summed E-state index contributed by atoms with van der Waals surface area (Å²) in [4.78, 5) is 0. The molecule has 1 fully saturated rings. The fourth-order valence-electron chi connectivity index (χ4n) is 1.90. The number of rotatable bonds is 2. The van der Waals surface area contributed by atoms with Gasteiger partial charge in [-0.2, -0.15) is 0 Å². The molecule has 12 heavy (non-hydrogen) atoms. The Morgan fingerprint density at radius 1 is 1.17 bits per heavy atom. The molecule has 2 nitrogen and oxygen atoms in total. The molecule has 2 atom stereocenters. The minimum Gasteiger partial charge on any atom is -0.377 e. The lowest BCUT2D eigenvalue weighted by molar-refractivity contribution is 0.0310. The van der Waals surface area contributed by atoms with Crippen molar-refractivity contribution in [2.24, 2.45) is 5.73 Å². The Morgan fingerprint density at radius 3 is 2.50 bits per heavy atom. The first-order valence-electron chi connectivity index (χ1n) is 5.21. The van der Waals surface area contributed by atoms with Gasteiger partial charge in [-0.1, -0.05) is 25.7 Å². The van der Waals surface area contributed by atoms with Crippen molar-refractivity contribution in [2.45, 2.75) is 57.6 Å². The van der Waals surface area contributed by atoms with E-state index in [-0.39, 0.29) is 6.04 Å². The molecule has 1 saturated carbocycles. The Kier molecular flexibility index (Phi) is 4.62. The van der Waals surface area contributed by atoms with Crippen molar-refractivity contribution in [3.63, 3.8) is 0 Å². The summed E-state index contributed by atoms with van der Waals surface area (Å²) in [6, 6.07) is 0.283. The average molecular weight is 171 g/mol. The van der Waals surface area contributed by atoms with Crippen LogP contribution in [0.2, 0.25) is 0 Å². The van der Waals surface area contributed by atoms with E-state index in [2.05, 4.69) is 0 Å². The highest BCUT2D eigenvalue weighted by Crippen LogP contribution is 2.18. The third kappa shape index (κ3) is 3.11. The van der Waals surface area contributed by atoms with E-state index in [4.69, 9.17) is 10.5 Å². The summed E-state index contributed by atoms with van der Waals surface area (Å²) in [6.07, 6.45) is 7.92. The first-order chi connectivity index (χ1) is 5.84. The lowest BCUT2D eigenvalue weighted by Gasteiger charge is -2.25. The zero-order valence-electron chi connectivity index (χ0n) is 8.09. The van der Waals surface area contributed by atoms with E-state index in [0.717, 1.165) is 19.4 Å². The Morgan fingerprint density at radius 2 is 1.83 bits per heavy atom. The van der Waals surface area contributed by atoms with Gasteiger partial charge in [-0.15, -0.1) is 0 Å². The molecule has 1 rings (SSSR count). The second kappa shape index (κ2) is 5.55. The largest absolute Gasteiger partial charge is 0.377 e. The average Bonchev–Trinajstić information content (AvgIpc) is 2.05. The number of ether oxygens (including phenoxy) is 1. The van der Waals surface area contributed by atoms with Crippen molar-refractivity contribution in [2.75, 3.05) is 6.61 Å². The standard InChI is InChI=1S/C10H21NO/c1-2-12-10-8-6-4-3-5-7-9(10)11/h9-10H,2-8,11H2,1H3/t9-,10+/m1/s1. The van der Waals surface area contributed by atoms with Gasteiger partial charge in [-0.25, -0.2) is 0 Å². The smallest absolute Gasteiger partial charge is 0.0725 e. The molecular formula is C10H21NO. The highest BCUT2D eigenvalue weighted by Gasteiger charge is 2.18. The van der Waals surface area contributed by atoms with Crippen LogP contribution >= 0.6 is 0 Å². The highest BCUT2D eigenvalue weighted by atomic mass is 16.5. The maximum absolute atomic E-state index is 6.01. The van der Waals surface area contributed by atoms with Gasteiger partial charge in [0.15, 0.2) is 0 Å². The van der Waals surface area contributed by atoms with Gasteiger partial charge in [-0.05, 0) is 19.8 Å². The summed E-state index contributed by atoms with van der Waals surface area (Å²) < 4.78 is 5.61. The van der Waals surface area contributed by atoms with Crippen LogP contribution in [0, 0.1) is 0 Å². The predicted molar refractivity (Wildman–Crippen MR) is 51.1 cm³/mol. The molecule has 72 valence electrons. The molecule has 0 amide bonds. The number of nitrogens with two attached hydrogens (primary N) is 1. The van der Waals surface area contributed by atoms with Crippen LogP contribution in [-0.2, 0) is 4.74 Å². The Balaban J connectivity index is 2.32. The molecule has 0 aliphatic heterocycles. The SMILES string of the molecule is CCO[C@H]1CCCCCC[C@H]1N. The third-order valence-electron chi connectivity index (χ3n) is 2.63. The van der Waals surface area contributed by atoms with Crippen molar-refractivity contribution in [1.29, 1.82) is 0 Å². The van der Waals surface area contributed by atoms with E-state index in [1.165, 1.54) is 25.7 Å². The quantitative estimate of drug-likeness (QED) is 0.690. The molecule has 0 heterocycles. The number of hydrogen-bond donors (Lipinski definition) is 1. The summed E-state index contributed by atoms with van der Waals surface area (Å²) in [5, 5.41) is 0. The zero-order chi connectivity index (χ0) is 8.81. The molecule has 0 aromatic rings. The monoisotopic (exact) mass is 171 g/mol. The van der Waals surface area contributed by atoms with Crippen molar-refractivity contribution in [1.82, 2.24) is 0 Å². The fourth-order valence-corrected chi connectivity index (χ4v) is 1.90. The number of hydrogen-bond acceptors (Lipinski definition) is 2. The van der Waals surface area contributed by atoms with E-state index in [9.17, 15) is 0 Å². The first-order valence-corrected chi connectivity index (χ1v) is 5.21. The first kappa shape index (κ1) is 10.0. The van der Waals surface area contributed by atoms with Gasteiger partial charge in [0.25, 0.3) is 0 Å². The molecule has 2 heteroatoms. The van der Waals surface area contributed by atoms with Crippen LogP contribution in [-0.4, -0.2) is 18.8 Å². The second-order valence-electron chi connectivity index (χ2n) is 3.65.